The van der Waals surface area contributed by atoms with Crippen molar-refractivity contribution in [2.24, 2.45) is 0 Å². The van der Waals surface area contributed by atoms with Gasteiger partial charge in [-0.3, -0.25) is 20.4 Å². The van der Waals surface area contributed by atoms with Crippen molar-refractivity contribution >= 4 is 27.7 Å². The van der Waals surface area contributed by atoms with Crippen LogP contribution >= 0.6 is 15.9 Å². The lowest BCUT2D eigenvalue weighted by molar-refractivity contribution is 0.0846. The van der Waals surface area contributed by atoms with Crippen LogP contribution in [0.5, 0.6) is 5.75 Å². The molecule has 0 bridgehead atoms. The number of rotatable bonds is 4. The van der Waals surface area contributed by atoms with E-state index in [1.807, 2.05) is 42.5 Å². The summed E-state index contributed by atoms with van der Waals surface area (Å²) >= 11 is 3.31. The van der Waals surface area contributed by atoms with Gasteiger partial charge in [0.1, 0.15) is 5.75 Å². The van der Waals surface area contributed by atoms with E-state index in [1.54, 1.807) is 37.4 Å². The minimum Gasteiger partial charge on any atom is -0.497 e. The summed E-state index contributed by atoms with van der Waals surface area (Å²) in [7, 11) is 1.62. The second-order valence-electron chi connectivity index (χ2n) is 5.69. The lowest BCUT2D eigenvalue weighted by Gasteiger charge is -2.09. The van der Waals surface area contributed by atoms with Crippen molar-refractivity contribution in [2.45, 2.75) is 0 Å². The zero-order valence-corrected chi connectivity index (χ0v) is 16.1. The van der Waals surface area contributed by atoms with Crippen LogP contribution in [-0.4, -0.2) is 18.9 Å². The van der Waals surface area contributed by atoms with Crippen LogP contribution in [0.25, 0.3) is 11.1 Å². The van der Waals surface area contributed by atoms with Gasteiger partial charge in [0.25, 0.3) is 11.8 Å². The number of nitrogens with one attached hydrogen (secondary N) is 2. The molecule has 2 N–H and O–H groups in total. The third kappa shape index (κ3) is 4.54. The molecule has 0 atom stereocenters. The van der Waals surface area contributed by atoms with Gasteiger partial charge in [-0.15, -0.1) is 0 Å². The first-order valence-electron chi connectivity index (χ1n) is 8.18. The second-order valence-corrected chi connectivity index (χ2v) is 6.55. The summed E-state index contributed by atoms with van der Waals surface area (Å²) in [4.78, 5) is 24.4. The minimum atomic E-state index is -0.398. The maximum Gasteiger partial charge on any atom is 0.270 e. The molecule has 0 unspecified atom stereocenters. The Bertz CT molecular complexity index is 954. The van der Waals surface area contributed by atoms with Gasteiger partial charge in [0.2, 0.25) is 0 Å². The van der Waals surface area contributed by atoms with Gasteiger partial charge in [0.15, 0.2) is 0 Å². The number of carbonyl (C=O) groups excluding carboxylic acids is 2. The summed E-state index contributed by atoms with van der Waals surface area (Å²) in [5.41, 5.74) is 7.72. The predicted molar refractivity (Wildman–Crippen MR) is 108 cm³/mol. The largest absolute Gasteiger partial charge is 0.497 e. The fraction of sp³-hybridized carbons (Fsp3) is 0.0476. The number of ether oxygens (including phenoxy) is 1. The van der Waals surface area contributed by atoms with Gasteiger partial charge in [-0.25, -0.2) is 0 Å². The standard InChI is InChI=1S/C21H17BrN2O3/c1-27-17-12-10-15(11-13-17)14-6-8-16(9-7-14)20(25)23-24-21(26)18-4-2-3-5-19(18)22/h2-13H,1H3,(H,23,25)(H,24,26). The highest BCUT2D eigenvalue weighted by atomic mass is 79.9. The number of amides is 2. The molecule has 3 aromatic rings. The van der Waals surface area contributed by atoms with Gasteiger partial charge < -0.3 is 4.74 Å². The molecule has 0 fully saturated rings. The molecule has 5 nitrogen and oxygen atoms in total. The summed E-state index contributed by atoms with van der Waals surface area (Å²) in [5.74, 6) is -0.00194. The summed E-state index contributed by atoms with van der Waals surface area (Å²) in [6, 6.07) is 21.8. The number of benzene rings is 3. The third-order valence-electron chi connectivity index (χ3n) is 3.98. The Morgan fingerprint density at radius 2 is 1.33 bits per heavy atom. The van der Waals surface area contributed by atoms with Crippen molar-refractivity contribution < 1.29 is 14.3 Å². The Labute approximate surface area is 165 Å². The highest BCUT2D eigenvalue weighted by Gasteiger charge is 2.11. The summed E-state index contributed by atoms with van der Waals surface area (Å²) in [6.45, 7) is 0. The van der Waals surface area contributed by atoms with E-state index in [0.29, 0.717) is 15.6 Å². The van der Waals surface area contributed by atoms with E-state index in [-0.39, 0.29) is 0 Å². The fourth-order valence-corrected chi connectivity index (χ4v) is 2.96. The maximum absolute atomic E-state index is 12.2. The first kappa shape index (κ1) is 18.7. The van der Waals surface area contributed by atoms with Crippen LogP contribution in [0.15, 0.2) is 77.3 Å². The topological polar surface area (TPSA) is 67.4 Å². The fourth-order valence-electron chi connectivity index (χ4n) is 2.50. The number of hydrazine groups is 1. The zero-order chi connectivity index (χ0) is 19.2. The number of methoxy groups -OCH3 is 1. The van der Waals surface area contributed by atoms with Crippen LogP contribution in [0.3, 0.4) is 0 Å². The average molecular weight is 425 g/mol. The van der Waals surface area contributed by atoms with E-state index in [4.69, 9.17) is 4.74 Å². The maximum atomic E-state index is 12.2. The van der Waals surface area contributed by atoms with E-state index in [1.165, 1.54) is 0 Å². The Morgan fingerprint density at radius 3 is 1.93 bits per heavy atom. The van der Waals surface area contributed by atoms with Gasteiger partial charge in [-0.2, -0.15) is 0 Å². The van der Waals surface area contributed by atoms with E-state index in [0.717, 1.165) is 16.9 Å². The van der Waals surface area contributed by atoms with Crippen LogP contribution in [0, 0.1) is 0 Å². The molecule has 0 saturated heterocycles. The first-order valence-corrected chi connectivity index (χ1v) is 8.97. The first-order chi connectivity index (χ1) is 13.1. The van der Waals surface area contributed by atoms with Crippen LogP contribution in [-0.2, 0) is 0 Å². The molecular formula is C21H17BrN2O3. The predicted octanol–water partition coefficient (Wildman–Crippen LogP) is 4.20. The summed E-state index contributed by atoms with van der Waals surface area (Å²) in [5, 5.41) is 0. The number of halogens is 1. The molecular weight excluding hydrogens is 408 g/mol. The van der Waals surface area contributed by atoms with Crippen molar-refractivity contribution in [1.29, 1.82) is 0 Å². The molecule has 0 aliphatic heterocycles. The molecule has 0 aliphatic rings. The Hall–Kier alpha value is -3.12. The average Bonchev–Trinajstić information content (AvgIpc) is 2.72. The Morgan fingerprint density at radius 1 is 0.778 bits per heavy atom. The normalized spacial score (nSPS) is 10.1. The molecule has 6 heteroatoms. The van der Waals surface area contributed by atoms with E-state index in [2.05, 4.69) is 26.8 Å². The molecule has 0 spiro atoms. The number of hydrogen-bond acceptors (Lipinski definition) is 3. The quantitative estimate of drug-likeness (QED) is 0.616. The molecule has 0 heterocycles. The van der Waals surface area contributed by atoms with Crippen molar-refractivity contribution in [3.05, 3.63) is 88.4 Å². The Kier molecular flexibility index (Phi) is 5.88. The highest BCUT2D eigenvalue weighted by molar-refractivity contribution is 9.10. The van der Waals surface area contributed by atoms with Gasteiger partial charge in [-0.1, -0.05) is 36.4 Å². The zero-order valence-electron chi connectivity index (χ0n) is 14.5. The Balaban J connectivity index is 1.63. The smallest absolute Gasteiger partial charge is 0.270 e. The van der Waals surface area contributed by atoms with Crippen LogP contribution in [0.4, 0.5) is 0 Å². The van der Waals surface area contributed by atoms with Crippen molar-refractivity contribution in [1.82, 2.24) is 10.9 Å². The SMILES string of the molecule is COc1ccc(-c2ccc(C(=O)NNC(=O)c3ccccc3Br)cc2)cc1. The van der Waals surface area contributed by atoms with Crippen LogP contribution in [0.2, 0.25) is 0 Å². The van der Waals surface area contributed by atoms with Gasteiger partial charge in [0.05, 0.1) is 12.7 Å². The van der Waals surface area contributed by atoms with Gasteiger partial charge in [-0.05, 0) is 63.5 Å². The van der Waals surface area contributed by atoms with Gasteiger partial charge in [0, 0.05) is 10.0 Å². The minimum absolute atomic E-state index is 0.392. The molecule has 2 amide bonds. The number of hydrogen-bond donors (Lipinski definition) is 2. The number of carbonyl (C=O) groups is 2. The third-order valence-corrected chi connectivity index (χ3v) is 4.67. The molecule has 0 aromatic heterocycles. The van der Waals surface area contributed by atoms with E-state index < -0.39 is 11.8 Å². The molecule has 27 heavy (non-hydrogen) atoms. The van der Waals surface area contributed by atoms with Crippen molar-refractivity contribution in [2.75, 3.05) is 7.11 Å². The van der Waals surface area contributed by atoms with Crippen LogP contribution in [0.1, 0.15) is 20.7 Å². The second kappa shape index (κ2) is 8.51. The van der Waals surface area contributed by atoms with Crippen LogP contribution < -0.4 is 15.6 Å². The van der Waals surface area contributed by atoms with Crippen molar-refractivity contribution in [3.63, 3.8) is 0 Å². The highest BCUT2D eigenvalue weighted by Crippen LogP contribution is 2.22. The van der Waals surface area contributed by atoms with Crippen molar-refractivity contribution in [3.8, 4) is 16.9 Å². The summed E-state index contributed by atoms with van der Waals surface area (Å²) in [6.07, 6.45) is 0. The van der Waals surface area contributed by atoms with E-state index >= 15 is 0 Å². The molecule has 0 aliphatic carbocycles. The molecule has 3 aromatic carbocycles. The molecule has 0 saturated carbocycles. The lowest BCUT2D eigenvalue weighted by Crippen LogP contribution is -2.41. The lowest BCUT2D eigenvalue weighted by atomic mass is 10.0. The summed E-state index contributed by atoms with van der Waals surface area (Å²) < 4.78 is 5.80. The van der Waals surface area contributed by atoms with Gasteiger partial charge >= 0.3 is 0 Å². The monoisotopic (exact) mass is 424 g/mol. The molecule has 0 radical (unpaired) electrons. The molecule has 3 rings (SSSR count). The molecule has 136 valence electrons. The van der Waals surface area contributed by atoms with E-state index in [9.17, 15) is 9.59 Å².